The summed E-state index contributed by atoms with van der Waals surface area (Å²) in [6.07, 6.45) is 1.46. The van der Waals surface area contributed by atoms with Crippen molar-refractivity contribution >= 4 is 11.8 Å². The maximum atomic E-state index is 13.3. The molecule has 0 aliphatic rings. The van der Waals surface area contributed by atoms with Crippen LogP contribution in [0.5, 0.6) is 0 Å². The van der Waals surface area contributed by atoms with Crippen LogP contribution in [-0.4, -0.2) is 24.1 Å². The third-order valence-electron chi connectivity index (χ3n) is 2.17. The standard InChI is InChI=1S/C11H15FN2O2/c1-7(2)9(11(15)16-3)14-10-8(12)5-4-6-13-10/h4-7,9H,1-3H3,(H,13,14). The van der Waals surface area contributed by atoms with Gasteiger partial charge in [-0.1, -0.05) is 13.8 Å². The van der Waals surface area contributed by atoms with Crippen molar-refractivity contribution in [1.29, 1.82) is 0 Å². The summed E-state index contributed by atoms with van der Waals surface area (Å²) in [5.74, 6) is -0.877. The van der Waals surface area contributed by atoms with Crippen LogP contribution in [0.4, 0.5) is 10.2 Å². The van der Waals surface area contributed by atoms with Gasteiger partial charge >= 0.3 is 5.97 Å². The largest absolute Gasteiger partial charge is 0.467 e. The summed E-state index contributed by atoms with van der Waals surface area (Å²) in [6, 6.07) is 2.17. The molecule has 0 aliphatic carbocycles. The number of ether oxygens (including phenoxy) is 1. The molecule has 0 saturated heterocycles. The first-order chi connectivity index (χ1) is 7.56. The highest BCUT2D eigenvalue weighted by molar-refractivity contribution is 5.79. The fraction of sp³-hybridized carbons (Fsp3) is 0.455. The molecule has 1 heterocycles. The lowest BCUT2D eigenvalue weighted by atomic mass is 10.0. The molecule has 1 N–H and O–H groups in total. The lowest BCUT2D eigenvalue weighted by molar-refractivity contribution is -0.142. The average Bonchev–Trinajstić information content (AvgIpc) is 2.26. The molecular weight excluding hydrogens is 211 g/mol. The normalized spacial score (nSPS) is 12.3. The van der Waals surface area contributed by atoms with E-state index in [0.29, 0.717) is 0 Å². The van der Waals surface area contributed by atoms with E-state index in [4.69, 9.17) is 0 Å². The lowest BCUT2D eigenvalue weighted by Crippen LogP contribution is -2.36. The zero-order chi connectivity index (χ0) is 12.1. The van der Waals surface area contributed by atoms with Crippen LogP contribution < -0.4 is 5.32 Å². The molecule has 0 amide bonds. The Labute approximate surface area is 93.8 Å². The number of halogens is 1. The molecule has 0 fully saturated rings. The number of methoxy groups -OCH3 is 1. The third-order valence-corrected chi connectivity index (χ3v) is 2.17. The lowest BCUT2D eigenvalue weighted by Gasteiger charge is -2.20. The van der Waals surface area contributed by atoms with E-state index in [-0.39, 0.29) is 11.7 Å². The van der Waals surface area contributed by atoms with Gasteiger partial charge in [-0.2, -0.15) is 0 Å². The Bertz CT molecular complexity index is 369. The number of anilines is 1. The molecule has 1 unspecified atom stereocenters. The molecule has 1 atom stereocenters. The molecule has 0 spiro atoms. The van der Waals surface area contributed by atoms with Gasteiger partial charge in [0.2, 0.25) is 0 Å². The van der Waals surface area contributed by atoms with Crippen LogP contribution in [-0.2, 0) is 9.53 Å². The molecule has 0 bridgehead atoms. The predicted octanol–water partition coefficient (Wildman–Crippen LogP) is 1.83. The summed E-state index contributed by atoms with van der Waals surface area (Å²) >= 11 is 0. The number of hydrogen-bond donors (Lipinski definition) is 1. The second-order valence-electron chi connectivity index (χ2n) is 3.72. The van der Waals surface area contributed by atoms with Crippen LogP contribution in [0.25, 0.3) is 0 Å². The van der Waals surface area contributed by atoms with Crippen molar-refractivity contribution in [3.05, 3.63) is 24.1 Å². The van der Waals surface area contributed by atoms with Gasteiger partial charge in [-0.15, -0.1) is 0 Å². The van der Waals surface area contributed by atoms with E-state index in [1.807, 2.05) is 13.8 Å². The van der Waals surface area contributed by atoms with E-state index in [2.05, 4.69) is 15.0 Å². The van der Waals surface area contributed by atoms with Crippen molar-refractivity contribution in [3.63, 3.8) is 0 Å². The van der Waals surface area contributed by atoms with Crippen LogP contribution >= 0.6 is 0 Å². The van der Waals surface area contributed by atoms with Crippen LogP contribution in [0.2, 0.25) is 0 Å². The van der Waals surface area contributed by atoms with E-state index >= 15 is 0 Å². The molecule has 1 aromatic rings. The average molecular weight is 226 g/mol. The molecule has 0 saturated carbocycles. The number of esters is 1. The minimum atomic E-state index is -0.602. The van der Waals surface area contributed by atoms with Gasteiger partial charge in [-0.05, 0) is 18.1 Å². The maximum Gasteiger partial charge on any atom is 0.328 e. The number of aromatic nitrogens is 1. The molecule has 1 aromatic heterocycles. The van der Waals surface area contributed by atoms with Gasteiger partial charge in [0, 0.05) is 6.20 Å². The van der Waals surface area contributed by atoms with Gasteiger partial charge < -0.3 is 10.1 Å². The van der Waals surface area contributed by atoms with E-state index in [1.54, 1.807) is 0 Å². The molecule has 5 heteroatoms. The fourth-order valence-electron chi connectivity index (χ4n) is 1.26. The minimum Gasteiger partial charge on any atom is -0.467 e. The van der Waals surface area contributed by atoms with Crippen molar-refractivity contribution in [2.45, 2.75) is 19.9 Å². The zero-order valence-electron chi connectivity index (χ0n) is 9.53. The SMILES string of the molecule is COC(=O)C(Nc1ncccc1F)C(C)C. The Hall–Kier alpha value is -1.65. The molecule has 1 rings (SSSR count). The van der Waals surface area contributed by atoms with Crippen LogP contribution in [0.1, 0.15) is 13.8 Å². The summed E-state index contributed by atoms with van der Waals surface area (Å²) in [5, 5.41) is 2.74. The van der Waals surface area contributed by atoms with E-state index in [1.165, 1.54) is 25.4 Å². The van der Waals surface area contributed by atoms with Gasteiger partial charge in [0.15, 0.2) is 11.6 Å². The number of pyridine rings is 1. The number of carbonyl (C=O) groups excluding carboxylic acids is 1. The van der Waals surface area contributed by atoms with E-state index < -0.39 is 17.8 Å². The number of nitrogens with one attached hydrogen (secondary N) is 1. The van der Waals surface area contributed by atoms with Crippen LogP contribution in [0.3, 0.4) is 0 Å². The summed E-state index contributed by atoms with van der Waals surface area (Å²) < 4.78 is 17.9. The summed E-state index contributed by atoms with van der Waals surface area (Å²) in [6.45, 7) is 3.69. The predicted molar refractivity (Wildman–Crippen MR) is 58.5 cm³/mol. The quantitative estimate of drug-likeness (QED) is 0.796. The van der Waals surface area contributed by atoms with Crippen LogP contribution in [0, 0.1) is 11.7 Å². The third kappa shape index (κ3) is 2.92. The molecule has 16 heavy (non-hydrogen) atoms. The Kier molecular flexibility index (Phi) is 4.22. The van der Waals surface area contributed by atoms with Crippen molar-refractivity contribution < 1.29 is 13.9 Å². The number of carbonyl (C=O) groups is 1. The second kappa shape index (κ2) is 5.44. The Balaban J connectivity index is 2.84. The fourth-order valence-corrected chi connectivity index (χ4v) is 1.26. The molecule has 88 valence electrons. The number of nitrogens with zero attached hydrogens (tertiary/aromatic N) is 1. The second-order valence-corrected chi connectivity index (χ2v) is 3.72. The number of hydrogen-bond acceptors (Lipinski definition) is 4. The highest BCUT2D eigenvalue weighted by Crippen LogP contribution is 2.14. The van der Waals surface area contributed by atoms with Crippen LogP contribution in [0.15, 0.2) is 18.3 Å². The Morgan fingerprint density at radius 1 is 1.56 bits per heavy atom. The van der Waals surface area contributed by atoms with Gasteiger partial charge in [-0.25, -0.2) is 14.2 Å². The molecule has 0 aliphatic heterocycles. The van der Waals surface area contributed by atoms with Crippen molar-refractivity contribution in [2.75, 3.05) is 12.4 Å². The zero-order valence-corrected chi connectivity index (χ0v) is 9.53. The van der Waals surface area contributed by atoms with Gasteiger partial charge in [-0.3, -0.25) is 0 Å². The maximum absolute atomic E-state index is 13.3. The van der Waals surface area contributed by atoms with Gasteiger partial charge in [0.25, 0.3) is 0 Å². The Morgan fingerprint density at radius 2 is 2.25 bits per heavy atom. The topological polar surface area (TPSA) is 51.2 Å². The highest BCUT2D eigenvalue weighted by Gasteiger charge is 2.24. The molecular formula is C11H15FN2O2. The highest BCUT2D eigenvalue weighted by atomic mass is 19.1. The first-order valence-corrected chi connectivity index (χ1v) is 5.01. The monoisotopic (exact) mass is 226 g/mol. The molecule has 0 radical (unpaired) electrons. The summed E-state index contributed by atoms with van der Waals surface area (Å²) in [4.78, 5) is 15.3. The van der Waals surface area contributed by atoms with Crippen molar-refractivity contribution in [1.82, 2.24) is 4.98 Å². The number of rotatable bonds is 4. The minimum absolute atomic E-state index is 0.0196. The smallest absolute Gasteiger partial charge is 0.328 e. The molecule has 0 aromatic carbocycles. The van der Waals surface area contributed by atoms with E-state index in [9.17, 15) is 9.18 Å². The Morgan fingerprint density at radius 3 is 2.75 bits per heavy atom. The summed E-state index contributed by atoms with van der Waals surface area (Å²) in [5.41, 5.74) is 0. The van der Waals surface area contributed by atoms with E-state index in [0.717, 1.165) is 0 Å². The first kappa shape index (κ1) is 12.4. The summed E-state index contributed by atoms with van der Waals surface area (Å²) in [7, 11) is 1.30. The van der Waals surface area contributed by atoms with Gasteiger partial charge in [0.05, 0.1) is 7.11 Å². The van der Waals surface area contributed by atoms with Crippen molar-refractivity contribution in [3.8, 4) is 0 Å². The van der Waals surface area contributed by atoms with Crippen molar-refractivity contribution in [2.24, 2.45) is 5.92 Å². The first-order valence-electron chi connectivity index (χ1n) is 5.01. The molecule has 4 nitrogen and oxygen atoms in total. The van der Waals surface area contributed by atoms with Gasteiger partial charge in [0.1, 0.15) is 6.04 Å².